The van der Waals surface area contributed by atoms with Crippen LogP contribution >= 0.6 is 11.8 Å². The molecule has 3 rings (SSSR count). The molecular weight excluding hydrogens is 400 g/mol. The van der Waals surface area contributed by atoms with Crippen molar-refractivity contribution in [3.8, 4) is 0 Å². The van der Waals surface area contributed by atoms with Gasteiger partial charge in [-0.05, 0) is 48.4 Å². The van der Waals surface area contributed by atoms with E-state index in [4.69, 9.17) is 4.74 Å². The number of esters is 1. The zero-order valence-electron chi connectivity index (χ0n) is 16.8. The van der Waals surface area contributed by atoms with Crippen LogP contribution in [0.4, 0.5) is 0 Å². The SMILES string of the molecule is O=C(COC(=O)c1ccc(CN2CCCC2=O)cc1)NCCCSc1ccccc1. The second kappa shape index (κ2) is 11.4. The van der Waals surface area contributed by atoms with Crippen molar-refractivity contribution in [3.63, 3.8) is 0 Å². The van der Waals surface area contributed by atoms with Gasteiger partial charge >= 0.3 is 5.97 Å². The Hall–Kier alpha value is -2.80. The summed E-state index contributed by atoms with van der Waals surface area (Å²) in [5.74, 6) is 0.230. The highest BCUT2D eigenvalue weighted by molar-refractivity contribution is 7.99. The van der Waals surface area contributed by atoms with E-state index in [-0.39, 0.29) is 18.4 Å². The highest BCUT2D eigenvalue weighted by atomic mass is 32.2. The number of benzene rings is 2. The molecule has 1 aliphatic heterocycles. The maximum absolute atomic E-state index is 12.1. The van der Waals surface area contributed by atoms with Gasteiger partial charge in [0.2, 0.25) is 5.91 Å². The predicted molar refractivity (Wildman–Crippen MR) is 116 cm³/mol. The molecule has 2 aromatic rings. The molecule has 6 nitrogen and oxygen atoms in total. The Balaban J connectivity index is 1.31. The molecule has 0 aliphatic carbocycles. The third-order valence-corrected chi connectivity index (χ3v) is 5.82. The minimum absolute atomic E-state index is 0.170. The number of rotatable bonds is 10. The number of likely N-dealkylation sites (tertiary alicyclic amines) is 1. The van der Waals surface area contributed by atoms with Crippen molar-refractivity contribution in [1.82, 2.24) is 10.2 Å². The van der Waals surface area contributed by atoms with Crippen LogP contribution in [-0.4, -0.2) is 48.1 Å². The summed E-state index contributed by atoms with van der Waals surface area (Å²) < 4.78 is 5.09. The number of nitrogens with zero attached hydrogens (tertiary/aromatic N) is 1. The summed E-state index contributed by atoms with van der Waals surface area (Å²) in [6.07, 6.45) is 2.34. The maximum Gasteiger partial charge on any atom is 0.338 e. The molecule has 0 radical (unpaired) electrons. The van der Waals surface area contributed by atoms with Gasteiger partial charge in [0.15, 0.2) is 6.61 Å². The first-order valence-electron chi connectivity index (χ1n) is 10.1. The molecule has 7 heteroatoms. The highest BCUT2D eigenvalue weighted by Gasteiger charge is 2.20. The Bertz CT molecular complexity index is 855. The molecular formula is C23H26N2O4S. The molecule has 30 heavy (non-hydrogen) atoms. The van der Waals surface area contributed by atoms with Crippen molar-refractivity contribution in [2.45, 2.75) is 30.7 Å². The zero-order chi connectivity index (χ0) is 21.2. The first-order chi connectivity index (χ1) is 14.6. The van der Waals surface area contributed by atoms with Crippen LogP contribution in [0, 0.1) is 0 Å². The molecule has 0 aromatic heterocycles. The predicted octanol–water partition coefficient (Wildman–Crippen LogP) is 3.26. The van der Waals surface area contributed by atoms with E-state index in [1.165, 1.54) is 4.90 Å². The first-order valence-corrected chi connectivity index (χ1v) is 11.1. The summed E-state index contributed by atoms with van der Waals surface area (Å²) in [5.41, 5.74) is 1.35. The fourth-order valence-corrected chi connectivity index (χ4v) is 3.98. The molecule has 1 fully saturated rings. The fraction of sp³-hybridized carbons (Fsp3) is 0.348. The van der Waals surface area contributed by atoms with Crippen LogP contribution in [0.3, 0.4) is 0 Å². The van der Waals surface area contributed by atoms with Crippen LogP contribution in [0.25, 0.3) is 0 Å². The third kappa shape index (κ3) is 6.91. The van der Waals surface area contributed by atoms with Gasteiger partial charge in [0.1, 0.15) is 0 Å². The number of nitrogens with one attached hydrogen (secondary N) is 1. The van der Waals surface area contributed by atoms with Gasteiger partial charge in [-0.1, -0.05) is 30.3 Å². The van der Waals surface area contributed by atoms with Crippen molar-refractivity contribution < 1.29 is 19.1 Å². The monoisotopic (exact) mass is 426 g/mol. The van der Waals surface area contributed by atoms with Crippen molar-refractivity contribution in [1.29, 1.82) is 0 Å². The van der Waals surface area contributed by atoms with Gasteiger partial charge < -0.3 is 15.0 Å². The normalized spacial score (nSPS) is 13.3. The van der Waals surface area contributed by atoms with Gasteiger partial charge in [-0.3, -0.25) is 9.59 Å². The second-order valence-electron chi connectivity index (χ2n) is 7.06. The van der Waals surface area contributed by atoms with E-state index in [1.54, 1.807) is 23.9 Å². The van der Waals surface area contributed by atoms with Gasteiger partial charge in [-0.25, -0.2) is 4.79 Å². The molecule has 158 valence electrons. The van der Waals surface area contributed by atoms with E-state index in [9.17, 15) is 14.4 Å². The van der Waals surface area contributed by atoms with Crippen LogP contribution < -0.4 is 5.32 Å². The highest BCUT2D eigenvalue weighted by Crippen LogP contribution is 2.17. The Morgan fingerprint density at radius 2 is 1.83 bits per heavy atom. The van der Waals surface area contributed by atoms with Gasteiger partial charge in [0.25, 0.3) is 5.91 Å². The second-order valence-corrected chi connectivity index (χ2v) is 8.23. The fourth-order valence-electron chi connectivity index (χ4n) is 3.11. The number of hydrogen-bond donors (Lipinski definition) is 1. The quantitative estimate of drug-likeness (QED) is 0.359. The van der Waals surface area contributed by atoms with Gasteiger partial charge in [-0.15, -0.1) is 11.8 Å². The summed E-state index contributed by atoms with van der Waals surface area (Å²) >= 11 is 1.74. The Morgan fingerprint density at radius 3 is 2.53 bits per heavy atom. The van der Waals surface area contributed by atoms with Gasteiger partial charge in [0.05, 0.1) is 5.56 Å². The lowest BCUT2D eigenvalue weighted by Gasteiger charge is -2.15. The maximum atomic E-state index is 12.1. The number of carbonyl (C=O) groups is 3. The summed E-state index contributed by atoms with van der Waals surface area (Å²) in [6, 6.07) is 17.0. The topological polar surface area (TPSA) is 75.7 Å². The van der Waals surface area contributed by atoms with Crippen LogP contribution in [-0.2, 0) is 20.9 Å². The molecule has 0 bridgehead atoms. The number of thioether (sulfide) groups is 1. The standard InChI is InChI=1S/C23H26N2O4S/c26-21(24-13-5-15-30-20-6-2-1-3-7-20)17-29-23(28)19-11-9-18(10-12-19)16-25-14-4-8-22(25)27/h1-3,6-7,9-12H,4-5,8,13-17H2,(H,24,26). The van der Waals surface area contributed by atoms with Crippen LogP contribution in [0.5, 0.6) is 0 Å². The Kier molecular flexibility index (Phi) is 8.32. The number of ether oxygens (including phenoxy) is 1. The molecule has 2 amide bonds. The molecule has 0 saturated carbocycles. The molecule has 1 saturated heterocycles. The average Bonchev–Trinajstić information content (AvgIpc) is 3.17. The van der Waals surface area contributed by atoms with Crippen LogP contribution in [0.15, 0.2) is 59.5 Å². The molecule has 0 spiro atoms. The minimum Gasteiger partial charge on any atom is -0.452 e. The van der Waals surface area contributed by atoms with Crippen molar-refractivity contribution in [2.75, 3.05) is 25.4 Å². The summed E-state index contributed by atoms with van der Waals surface area (Å²) in [7, 11) is 0. The lowest BCUT2D eigenvalue weighted by molar-refractivity contribution is -0.128. The van der Waals surface area contributed by atoms with E-state index in [0.29, 0.717) is 25.1 Å². The molecule has 0 unspecified atom stereocenters. The van der Waals surface area contributed by atoms with E-state index in [2.05, 4.69) is 17.4 Å². The lowest BCUT2D eigenvalue weighted by Crippen LogP contribution is -2.29. The van der Waals surface area contributed by atoms with E-state index >= 15 is 0 Å². The van der Waals surface area contributed by atoms with Crippen molar-refractivity contribution in [3.05, 3.63) is 65.7 Å². The minimum atomic E-state index is -0.534. The van der Waals surface area contributed by atoms with E-state index < -0.39 is 5.97 Å². The summed E-state index contributed by atoms with van der Waals surface area (Å²) in [6.45, 7) is 1.58. The summed E-state index contributed by atoms with van der Waals surface area (Å²) in [5, 5.41) is 2.76. The number of hydrogen-bond acceptors (Lipinski definition) is 5. The molecule has 1 N–H and O–H groups in total. The average molecular weight is 427 g/mol. The molecule has 1 aliphatic rings. The Morgan fingerprint density at radius 1 is 1.07 bits per heavy atom. The smallest absolute Gasteiger partial charge is 0.338 e. The zero-order valence-corrected chi connectivity index (χ0v) is 17.7. The van der Waals surface area contributed by atoms with E-state index in [0.717, 1.165) is 30.7 Å². The Labute approximate surface area is 181 Å². The number of carbonyl (C=O) groups excluding carboxylic acids is 3. The van der Waals surface area contributed by atoms with Gasteiger partial charge in [0, 0.05) is 31.0 Å². The van der Waals surface area contributed by atoms with Crippen LogP contribution in [0.1, 0.15) is 35.2 Å². The lowest BCUT2D eigenvalue weighted by atomic mass is 10.1. The number of amides is 2. The first kappa shape index (κ1) is 21.9. The largest absolute Gasteiger partial charge is 0.452 e. The third-order valence-electron chi connectivity index (χ3n) is 4.72. The van der Waals surface area contributed by atoms with Crippen molar-refractivity contribution >= 4 is 29.5 Å². The molecule has 2 aromatic carbocycles. The molecule has 1 heterocycles. The molecule has 0 atom stereocenters. The van der Waals surface area contributed by atoms with E-state index in [1.807, 2.05) is 35.2 Å². The van der Waals surface area contributed by atoms with Crippen LogP contribution in [0.2, 0.25) is 0 Å². The van der Waals surface area contributed by atoms with Gasteiger partial charge in [-0.2, -0.15) is 0 Å². The summed E-state index contributed by atoms with van der Waals surface area (Å²) in [4.78, 5) is 38.7. The van der Waals surface area contributed by atoms with Crippen molar-refractivity contribution in [2.24, 2.45) is 0 Å².